The minimum atomic E-state index is 1.23. The van der Waals surface area contributed by atoms with Gasteiger partial charge >= 0.3 is 0 Å². The number of rotatable bonds is 3. The minimum Gasteiger partial charge on any atom is -0.135 e. The Morgan fingerprint density at radius 2 is 0.706 bits per heavy atom. The molecule has 0 N–H and O–H groups in total. The molecule has 0 nitrogen and oxygen atoms in total. The van der Waals surface area contributed by atoms with Gasteiger partial charge in [0.1, 0.15) is 0 Å². The SMILES string of the molecule is c1ccc(-c2cccc(-c3c4ccccc4c(-c4ccc5sc6c(ccc7c8ccccc8c8ccccc8c76)c5c4)c4ccccc34)c2)cc1. The Morgan fingerprint density at radius 3 is 1.33 bits per heavy atom. The highest BCUT2D eigenvalue weighted by atomic mass is 32.1. The number of hydrogen-bond acceptors (Lipinski definition) is 1. The number of thiophene rings is 1. The number of hydrogen-bond donors (Lipinski definition) is 0. The fourth-order valence-electron chi connectivity index (χ4n) is 8.61. The monoisotopic (exact) mass is 662 g/mol. The van der Waals surface area contributed by atoms with E-state index in [-0.39, 0.29) is 0 Å². The molecular formula is C50H30S. The van der Waals surface area contributed by atoms with Crippen LogP contribution in [0.5, 0.6) is 0 Å². The van der Waals surface area contributed by atoms with Crippen molar-refractivity contribution in [2.75, 3.05) is 0 Å². The summed E-state index contributed by atoms with van der Waals surface area (Å²) in [7, 11) is 0. The van der Waals surface area contributed by atoms with Crippen LogP contribution in [0.25, 0.3) is 107 Å². The lowest BCUT2D eigenvalue weighted by Crippen LogP contribution is -1.91. The second kappa shape index (κ2) is 11.1. The molecule has 1 aromatic heterocycles. The van der Waals surface area contributed by atoms with Crippen LogP contribution in [0.2, 0.25) is 0 Å². The van der Waals surface area contributed by atoms with E-state index in [0.717, 1.165) is 0 Å². The fraction of sp³-hybridized carbons (Fsp3) is 0. The maximum Gasteiger partial charge on any atom is 0.0440 e. The maximum atomic E-state index is 2.45. The first-order valence-corrected chi connectivity index (χ1v) is 18.4. The minimum absolute atomic E-state index is 1.23. The summed E-state index contributed by atoms with van der Waals surface area (Å²) >= 11 is 1.92. The highest BCUT2D eigenvalue weighted by molar-refractivity contribution is 7.26. The van der Waals surface area contributed by atoms with E-state index in [9.17, 15) is 0 Å². The lowest BCUT2D eigenvalue weighted by Gasteiger charge is -2.18. The quantitative estimate of drug-likeness (QED) is 0.130. The van der Waals surface area contributed by atoms with Crippen molar-refractivity contribution in [1.82, 2.24) is 0 Å². The molecule has 11 aromatic rings. The van der Waals surface area contributed by atoms with Gasteiger partial charge in [0.25, 0.3) is 0 Å². The molecule has 51 heavy (non-hydrogen) atoms. The molecular weight excluding hydrogens is 633 g/mol. The second-order valence-electron chi connectivity index (χ2n) is 13.6. The predicted molar refractivity (Wildman–Crippen MR) is 223 cm³/mol. The van der Waals surface area contributed by atoms with Crippen LogP contribution in [0.3, 0.4) is 0 Å². The van der Waals surface area contributed by atoms with Crippen LogP contribution in [-0.2, 0) is 0 Å². The van der Waals surface area contributed by atoms with Gasteiger partial charge in [-0.3, -0.25) is 0 Å². The largest absolute Gasteiger partial charge is 0.135 e. The van der Waals surface area contributed by atoms with E-state index in [2.05, 4.69) is 182 Å². The van der Waals surface area contributed by atoms with Gasteiger partial charge in [0.2, 0.25) is 0 Å². The summed E-state index contributed by atoms with van der Waals surface area (Å²) in [6.07, 6.45) is 0. The van der Waals surface area contributed by atoms with Crippen molar-refractivity contribution in [3.8, 4) is 33.4 Å². The third kappa shape index (κ3) is 4.26. The van der Waals surface area contributed by atoms with Crippen LogP contribution in [0.4, 0.5) is 0 Å². The normalized spacial score (nSPS) is 11.9. The van der Waals surface area contributed by atoms with Gasteiger partial charge < -0.3 is 0 Å². The van der Waals surface area contributed by atoms with Gasteiger partial charge in [-0.05, 0) is 100 Å². The van der Waals surface area contributed by atoms with Crippen LogP contribution >= 0.6 is 11.3 Å². The molecule has 0 saturated carbocycles. The molecule has 11 rings (SSSR count). The van der Waals surface area contributed by atoms with E-state index < -0.39 is 0 Å². The molecule has 0 radical (unpaired) electrons. The van der Waals surface area contributed by atoms with Crippen molar-refractivity contribution in [1.29, 1.82) is 0 Å². The maximum absolute atomic E-state index is 2.45. The average Bonchev–Trinajstić information content (AvgIpc) is 3.58. The molecule has 0 fully saturated rings. The summed E-state index contributed by atoms with van der Waals surface area (Å²) in [5.74, 6) is 0. The van der Waals surface area contributed by atoms with Crippen molar-refractivity contribution in [2.24, 2.45) is 0 Å². The molecule has 0 spiro atoms. The molecule has 0 saturated heterocycles. The summed E-state index contributed by atoms with van der Waals surface area (Å²) < 4.78 is 2.69. The summed E-state index contributed by atoms with van der Waals surface area (Å²) in [6.45, 7) is 0. The van der Waals surface area contributed by atoms with Gasteiger partial charge in [0.15, 0.2) is 0 Å². The first-order chi connectivity index (χ1) is 25.3. The van der Waals surface area contributed by atoms with Crippen molar-refractivity contribution in [3.05, 3.63) is 182 Å². The van der Waals surface area contributed by atoms with Gasteiger partial charge in [-0.2, -0.15) is 0 Å². The Balaban J connectivity index is 1.18. The summed E-state index contributed by atoms with van der Waals surface area (Å²) in [5, 5.41) is 15.7. The standard InChI is InChI=1S/C50H30S/c1-2-13-31(14-3-1)32-15-12-16-33(29-32)47-39-21-8-10-23-41(39)48(42-24-11-9-22-40(42)47)34-25-28-46-45(30-34)44-27-26-43-37-19-5-4-17-35(37)36-18-6-7-20-38(36)49(43)50(44)51-46/h1-30H. The van der Waals surface area contributed by atoms with Gasteiger partial charge in [0.05, 0.1) is 0 Å². The zero-order valence-electron chi connectivity index (χ0n) is 27.7. The first-order valence-electron chi connectivity index (χ1n) is 17.6. The number of benzene rings is 10. The zero-order valence-corrected chi connectivity index (χ0v) is 28.5. The highest BCUT2D eigenvalue weighted by Gasteiger charge is 2.19. The topological polar surface area (TPSA) is 0 Å². The van der Waals surface area contributed by atoms with Crippen LogP contribution in [-0.4, -0.2) is 0 Å². The van der Waals surface area contributed by atoms with Gasteiger partial charge in [0, 0.05) is 25.6 Å². The molecule has 0 atom stereocenters. The van der Waals surface area contributed by atoms with Crippen LogP contribution in [0.15, 0.2) is 182 Å². The lowest BCUT2D eigenvalue weighted by molar-refractivity contribution is 1.61. The van der Waals surface area contributed by atoms with E-state index in [4.69, 9.17) is 0 Å². The second-order valence-corrected chi connectivity index (χ2v) is 14.6. The van der Waals surface area contributed by atoms with Crippen LogP contribution < -0.4 is 0 Å². The van der Waals surface area contributed by atoms with Gasteiger partial charge in [-0.1, -0.05) is 164 Å². The zero-order chi connectivity index (χ0) is 33.5. The summed E-state index contributed by atoms with van der Waals surface area (Å²) in [6, 6.07) is 67.3. The Kier molecular flexibility index (Phi) is 6.22. The summed E-state index contributed by atoms with van der Waals surface area (Å²) in [4.78, 5) is 0. The molecule has 0 bridgehead atoms. The lowest BCUT2D eigenvalue weighted by atomic mass is 9.85. The molecule has 0 amide bonds. The van der Waals surface area contributed by atoms with Crippen molar-refractivity contribution < 1.29 is 0 Å². The molecule has 1 heterocycles. The number of fused-ring (bicyclic) bond motifs is 12. The smallest absolute Gasteiger partial charge is 0.0440 e. The van der Waals surface area contributed by atoms with E-state index in [1.807, 2.05) is 11.3 Å². The molecule has 0 unspecified atom stereocenters. The Morgan fingerprint density at radius 1 is 0.255 bits per heavy atom. The van der Waals surface area contributed by atoms with E-state index in [0.29, 0.717) is 0 Å². The van der Waals surface area contributed by atoms with E-state index >= 15 is 0 Å². The van der Waals surface area contributed by atoms with E-state index in [1.54, 1.807) is 0 Å². The van der Waals surface area contributed by atoms with E-state index in [1.165, 1.54) is 107 Å². The molecule has 0 aliphatic carbocycles. The first kappa shape index (κ1) is 28.5. The van der Waals surface area contributed by atoms with Crippen molar-refractivity contribution in [2.45, 2.75) is 0 Å². The fourth-order valence-corrected chi connectivity index (χ4v) is 9.86. The Bertz CT molecular complexity index is 3090. The van der Waals surface area contributed by atoms with Crippen molar-refractivity contribution >= 4 is 85.4 Å². The Labute approximate surface area is 299 Å². The third-order valence-electron chi connectivity index (χ3n) is 10.8. The molecule has 1 heteroatoms. The molecule has 0 aliphatic rings. The third-order valence-corrected chi connectivity index (χ3v) is 12.0. The van der Waals surface area contributed by atoms with Gasteiger partial charge in [-0.25, -0.2) is 0 Å². The summed E-state index contributed by atoms with van der Waals surface area (Å²) in [5.41, 5.74) is 7.53. The molecule has 236 valence electrons. The van der Waals surface area contributed by atoms with Crippen LogP contribution in [0, 0.1) is 0 Å². The van der Waals surface area contributed by atoms with Gasteiger partial charge in [-0.15, -0.1) is 11.3 Å². The van der Waals surface area contributed by atoms with Crippen molar-refractivity contribution in [3.63, 3.8) is 0 Å². The Hall–Kier alpha value is -6.28. The molecule has 0 aliphatic heterocycles. The highest BCUT2D eigenvalue weighted by Crippen LogP contribution is 2.48. The molecule has 10 aromatic carbocycles. The predicted octanol–water partition coefficient (Wildman–Crippen LogP) is 14.8. The average molecular weight is 663 g/mol. The van der Waals surface area contributed by atoms with Crippen LogP contribution in [0.1, 0.15) is 0 Å².